The highest BCUT2D eigenvalue weighted by atomic mass is 35.5. The molecular weight excluding hydrogens is 385 g/mol. The Bertz CT molecular complexity index is 977. The molecule has 0 aliphatic carbocycles. The van der Waals surface area contributed by atoms with Crippen LogP contribution >= 0.6 is 11.6 Å². The monoisotopic (exact) mass is 403 g/mol. The Hall–Kier alpha value is -2.71. The first-order valence-corrected chi connectivity index (χ1v) is 9.23. The summed E-state index contributed by atoms with van der Waals surface area (Å²) >= 11 is 5.99. The Morgan fingerprint density at radius 1 is 1.39 bits per heavy atom. The van der Waals surface area contributed by atoms with Gasteiger partial charge in [-0.3, -0.25) is 4.79 Å². The summed E-state index contributed by atoms with van der Waals surface area (Å²) in [6, 6.07) is 3.93. The van der Waals surface area contributed by atoms with Crippen LogP contribution in [0.15, 0.2) is 30.1 Å². The molecular formula is C19H19ClFN5O2. The average Bonchev–Trinajstić information content (AvgIpc) is 3.02. The summed E-state index contributed by atoms with van der Waals surface area (Å²) in [7, 11) is 0. The van der Waals surface area contributed by atoms with Crippen LogP contribution < -0.4 is 15.8 Å². The van der Waals surface area contributed by atoms with Crippen LogP contribution in [0.1, 0.15) is 21.9 Å². The molecule has 2 aliphatic heterocycles. The number of hydrogen-bond donors (Lipinski definition) is 2. The van der Waals surface area contributed by atoms with Crippen LogP contribution in [0.3, 0.4) is 0 Å². The molecule has 0 atom stereocenters. The molecule has 1 aromatic carbocycles. The lowest BCUT2D eigenvalue weighted by atomic mass is 10.1. The summed E-state index contributed by atoms with van der Waals surface area (Å²) in [6.07, 6.45) is 1.44. The zero-order valence-electron chi connectivity index (χ0n) is 15.2. The minimum atomic E-state index is -0.455. The maximum Gasteiger partial charge on any atom is 0.258 e. The molecule has 1 saturated heterocycles. The van der Waals surface area contributed by atoms with Crippen LogP contribution in [0, 0.1) is 12.7 Å². The molecule has 146 valence electrons. The van der Waals surface area contributed by atoms with Gasteiger partial charge in [0.05, 0.1) is 29.4 Å². The molecule has 3 heterocycles. The molecule has 1 amide bonds. The maximum atomic E-state index is 13.7. The second-order valence-electron chi connectivity index (χ2n) is 6.83. The fourth-order valence-corrected chi connectivity index (χ4v) is 3.16. The number of aryl methyl sites for hydroxylation is 1. The van der Waals surface area contributed by atoms with Gasteiger partial charge in [-0.1, -0.05) is 11.6 Å². The number of ether oxygens (including phenoxy) is 1. The van der Waals surface area contributed by atoms with Crippen molar-refractivity contribution in [2.75, 3.05) is 26.2 Å². The van der Waals surface area contributed by atoms with Crippen molar-refractivity contribution < 1.29 is 13.9 Å². The van der Waals surface area contributed by atoms with Crippen molar-refractivity contribution >= 4 is 23.1 Å². The van der Waals surface area contributed by atoms with E-state index in [9.17, 15) is 9.18 Å². The predicted octanol–water partition coefficient (Wildman–Crippen LogP) is 1.75. The Labute approximate surface area is 166 Å². The van der Waals surface area contributed by atoms with Crippen LogP contribution in [0.5, 0.6) is 5.75 Å². The molecule has 3 N–H and O–H groups in total. The quantitative estimate of drug-likeness (QED) is 0.808. The summed E-state index contributed by atoms with van der Waals surface area (Å²) in [4.78, 5) is 23.2. The lowest BCUT2D eigenvalue weighted by molar-refractivity contribution is 0.0785. The van der Waals surface area contributed by atoms with Gasteiger partial charge in [0.2, 0.25) is 0 Å². The third-order valence-electron chi connectivity index (χ3n) is 4.79. The third-order valence-corrected chi connectivity index (χ3v) is 5.16. The van der Waals surface area contributed by atoms with E-state index in [1.54, 1.807) is 11.8 Å². The van der Waals surface area contributed by atoms with Crippen molar-refractivity contribution in [1.29, 1.82) is 0 Å². The molecule has 0 spiro atoms. The molecule has 1 fully saturated rings. The summed E-state index contributed by atoms with van der Waals surface area (Å²) in [5, 5.41) is 3.54. The fraction of sp³-hybridized carbons (Fsp3) is 0.316. The SMILES string of the molecule is Cc1nc(C2=C(N)CN(C(=O)c3ccc(F)cc3OC3CNC3)C2)ncc1Cl. The number of rotatable bonds is 4. The number of hydrogen-bond acceptors (Lipinski definition) is 6. The van der Waals surface area contributed by atoms with Gasteiger partial charge in [0.15, 0.2) is 5.82 Å². The molecule has 28 heavy (non-hydrogen) atoms. The molecule has 2 aromatic rings. The number of carbonyl (C=O) groups is 1. The highest BCUT2D eigenvalue weighted by molar-refractivity contribution is 6.31. The first-order chi connectivity index (χ1) is 13.4. The molecule has 7 nitrogen and oxygen atoms in total. The second-order valence-corrected chi connectivity index (χ2v) is 7.24. The Morgan fingerprint density at radius 3 is 2.86 bits per heavy atom. The van der Waals surface area contributed by atoms with E-state index in [-0.39, 0.29) is 30.9 Å². The van der Waals surface area contributed by atoms with Crippen LogP contribution in [-0.2, 0) is 0 Å². The van der Waals surface area contributed by atoms with E-state index in [1.165, 1.54) is 24.4 Å². The van der Waals surface area contributed by atoms with E-state index in [0.29, 0.717) is 46.5 Å². The normalized spacial score (nSPS) is 17.0. The molecule has 2 aliphatic rings. The summed E-state index contributed by atoms with van der Waals surface area (Å²) in [5.41, 5.74) is 8.29. The van der Waals surface area contributed by atoms with Crippen molar-refractivity contribution in [3.05, 3.63) is 58.0 Å². The van der Waals surface area contributed by atoms with Gasteiger partial charge >= 0.3 is 0 Å². The zero-order valence-corrected chi connectivity index (χ0v) is 16.0. The van der Waals surface area contributed by atoms with Crippen molar-refractivity contribution in [2.24, 2.45) is 5.73 Å². The van der Waals surface area contributed by atoms with Gasteiger partial charge in [0, 0.05) is 36.6 Å². The number of benzene rings is 1. The number of aromatic nitrogens is 2. The van der Waals surface area contributed by atoms with Crippen molar-refractivity contribution in [2.45, 2.75) is 13.0 Å². The van der Waals surface area contributed by atoms with Crippen molar-refractivity contribution in [3.63, 3.8) is 0 Å². The number of carbonyl (C=O) groups excluding carboxylic acids is 1. The van der Waals surface area contributed by atoms with Crippen LogP contribution in [0.25, 0.3) is 5.57 Å². The van der Waals surface area contributed by atoms with Gasteiger partial charge in [-0.2, -0.15) is 0 Å². The first kappa shape index (κ1) is 18.6. The predicted molar refractivity (Wildman–Crippen MR) is 102 cm³/mol. The number of nitrogens with one attached hydrogen (secondary N) is 1. The Morgan fingerprint density at radius 2 is 2.18 bits per heavy atom. The lowest BCUT2D eigenvalue weighted by Crippen LogP contribution is -2.50. The van der Waals surface area contributed by atoms with E-state index in [4.69, 9.17) is 22.1 Å². The molecule has 0 saturated carbocycles. The minimum Gasteiger partial charge on any atom is -0.487 e. The number of halogens is 2. The van der Waals surface area contributed by atoms with Crippen LogP contribution in [-0.4, -0.2) is 53.1 Å². The van der Waals surface area contributed by atoms with Gasteiger partial charge < -0.3 is 20.7 Å². The Balaban J connectivity index is 1.56. The largest absolute Gasteiger partial charge is 0.487 e. The van der Waals surface area contributed by atoms with E-state index in [2.05, 4.69) is 15.3 Å². The third kappa shape index (κ3) is 3.53. The summed E-state index contributed by atoms with van der Waals surface area (Å²) < 4.78 is 19.5. The number of nitrogens with zero attached hydrogens (tertiary/aromatic N) is 3. The van der Waals surface area contributed by atoms with Crippen molar-refractivity contribution in [1.82, 2.24) is 20.2 Å². The van der Waals surface area contributed by atoms with E-state index < -0.39 is 5.82 Å². The maximum absolute atomic E-state index is 13.7. The van der Waals surface area contributed by atoms with Gasteiger partial charge in [0.25, 0.3) is 5.91 Å². The van der Waals surface area contributed by atoms with Crippen molar-refractivity contribution in [3.8, 4) is 5.75 Å². The molecule has 0 bridgehead atoms. The van der Waals surface area contributed by atoms with Gasteiger partial charge in [-0.25, -0.2) is 14.4 Å². The smallest absolute Gasteiger partial charge is 0.258 e. The minimum absolute atomic E-state index is 0.0730. The zero-order chi connectivity index (χ0) is 19.8. The van der Waals surface area contributed by atoms with Gasteiger partial charge in [0.1, 0.15) is 17.7 Å². The summed E-state index contributed by atoms with van der Waals surface area (Å²) in [5.74, 6) is -0.0533. The molecule has 0 unspecified atom stereocenters. The topological polar surface area (TPSA) is 93.4 Å². The van der Waals surface area contributed by atoms with Crippen LogP contribution in [0.2, 0.25) is 5.02 Å². The number of amides is 1. The van der Waals surface area contributed by atoms with E-state index >= 15 is 0 Å². The number of nitrogens with two attached hydrogens (primary N) is 1. The molecule has 0 radical (unpaired) electrons. The van der Waals surface area contributed by atoms with Gasteiger partial charge in [-0.15, -0.1) is 0 Å². The first-order valence-electron chi connectivity index (χ1n) is 8.85. The highest BCUT2D eigenvalue weighted by Gasteiger charge is 2.30. The summed E-state index contributed by atoms with van der Waals surface area (Å²) in [6.45, 7) is 3.60. The highest BCUT2D eigenvalue weighted by Crippen LogP contribution is 2.28. The molecule has 1 aromatic heterocycles. The van der Waals surface area contributed by atoms with E-state index in [1.807, 2.05) is 0 Å². The standard InChI is InChI=1S/C19H19ClFN5O2/c1-10-15(20)7-24-18(25-10)14-8-26(9-16(14)22)19(27)13-3-2-11(21)4-17(13)28-12-5-23-6-12/h2-4,7,12,23H,5-6,8-9,22H2,1H3. The van der Waals surface area contributed by atoms with Crippen LogP contribution in [0.4, 0.5) is 4.39 Å². The lowest BCUT2D eigenvalue weighted by Gasteiger charge is -2.29. The molecule has 4 rings (SSSR count). The fourth-order valence-electron chi connectivity index (χ4n) is 3.07. The molecule has 9 heteroatoms. The second kappa shape index (κ2) is 7.37. The van der Waals surface area contributed by atoms with E-state index in [0.717, 1.165) is 0 Å². The Kier molecular flexibility index (Phi) is 4.91. The van der Waals surface area contributed by atoms with Gasteiger partial charge in [-0.05, 0) is 19.1 Å². The average molecular weight is 404 g/mol.